The molecule has 1 unspecified atom stereocenters. The Labute approximate surface area is 151 Å². The van der Waals surface area contributed by atoms with Gasteiger partial charge in [0.15, 0.2) is 5.37 Å². The van der Waals surface area contributed by atoms with E-state index in [0.29, 0.717) is 12.0 Å². The number of carbonyl (C=O) groups excluding carboxylic acids is 1. The van der Waals surface area contributed by atoms with Gasteiger partial charge in [0.1, 0.15) is 5.84 Å². The lowest BCUT2D eigenvalue weighted by molar-refractivity contribution is -0.119. The van der Waals surface area contributed by atoms with Gasteiger partial charge in [-0.1, -0.05) is 48.6 Å². The van der Waals surface area contributed by atoms with E-state index in [1.165, 1.54) is 12.1 Å². The zero-order valence-electron chi connectivity index (χ0n) is 13.8. The van der Waals surface area contributed by atoms with Crippen molar-refractivity contribution in [3.8, 4) is 0 Å². The van der Waals surface area contributed by atoms with Crippen molar-refractivity contribution in [2.75, 3.05) is 0 Å². The summed E-state index contributed by atoms with van der Waals surface area (Å²) in [5.74, 6) is -1.12. The molecule has 0 bridgehead atoms. The molecule has 0 saturated heterocycles. The van der Waals surface area contributed by atoms with Crippen LogP contribution in [0.5, 0.6) is 0 Å². The molecular weight excluding hydrogens is 350 g/mol. The molecule has 133 valence electrons. The number of amides is 1. The Hall–Kier alpha value is -2.77. The molecule has 1 radical (unpaired) electrons. The smallest absolute Gasteiger partial charge is 0.258 e. The van der Waals surface area contributed by atoms with Crippen LogP contribution in [0.1, 0.15) is 6.42 Å². The monoisotopic (exact) mass is 368 g/mol. The molecule has 7 heteroatoms. The minimum absolute atomic E-state index is 0.0308. The summed E-state index contributed by atoms with van der Waals surface area (Å²) in [6, 6.07) is 11.9. The van der Waals surface area contributed by atoms with E-state index in [1.807, 2.05) is 18.6 Å². The van der Waals surface area contributed by atoms with Crippen molar-refractivity contribution in [2.45, 2.75) is 16.7 Å². The third-order valence-corrected chi connectivity index (χ3v) is 5.86. The van der Waals surface area contributed by atoms with Crippen molar-refractivity contribution in [1.29, 1.82) is 5.41 Å². The molecule has 4 N–H and O–H groups in total. The van der Waals surface area contributed by atoms with Gasteiger partial charge in [0, 0.05) is 5.57 Å². The highest BCUT2D eigenvalue weighted by molar-refractivity contribution is 7.92. The zero-order valence-corrected chi connectivity index (χ0v) is 14.7. The van der Waals surface area contributed by atoms with Gasteiger partial charge in [-0.3, -0.25) is 10.2 Å². The summed E-state index contributed by atoms with van der Waals surface area (Å²) in [6.07, 6.45) is 7.73. The average molecular weight is 368 g/mol. The van der Waals surface area contributed by atoms with Crippen LogP contribution in [-0.4, -0.2) is 25.5 Å². The number of hydrogen-bond acceptors (Lipinski definition) is 5. The van der Waals surface area contributed by atoms with Gasteiger partial charge in [-0.05, 0) is 35.7 Å². The van der Waals surface area contributed by atoms with Crippen molar-refractivity contribution < 1.29 is 13.2 Å². The van der Waals surface area contributed by atoms with Gasteiger partial charge < -0.3 is 11.1 Å². The summed E-state index contributed by atoms with van der Waals surface area (Å²) in [6.45, 7) is 0. The van der Waals surface area contributed by atoms with Crippen molar-refractivity contribution in [3.63, 3.8) is 0 Å². The third-order valence-electron chi connectivity index (χ3n) is 4.06. The van der Waals surface area contributed by atoms with Crippen molar-refractivity contribution >= 4 is 32.4 Å². The molecule has 1 aliphatic carbocycles. The molecule has 2 aromatic rings. The predicted octanol–water partition coefficient (Wildman–Crippen LogP) is 2.08. The lowest BCUT2D eigenvalue weighted by Crippen LogP contribution is -2.48. The maximum absolute atomic E-state index is 12.7. The number of hydrogen-bond donors (Lipinski definition) is 3. The van der Waals surface area contributed by atoms with Gasteiger partial charge in [-0.25, -0.2) is 8.42 Å². The van der Waals surface area contributed by atoms with Crippen LogP contribution in [0.25, 0.3) is 10.8 Å². The molecule has 0 heterocycles. The fraction of sp³-hybridized carbons (Fsp3) is 0.105. The Bertz CT molecular complexity index is 1040. The van der Waals surface area contributed by atoms with Crippen LogP contribution in [0.15, 0.2) is 71.2 Å². The van der Waals surface area contributed by atoms with Gasteiger partial charge in [0.05, 0.1) is 4.90 Å². The van der Waals surface area contributed by atoms with Crippen LogP contribution in [0.3, 0.4) is 0 Å². The first-order valence-corrected chi connectivity index (χ1v) is 9.52. The number of amidine groups is 1. The van der Waals surface area contributed by atoms with Crippen LogP contribution >= 0.6 is 0 Å². The highest BCUT2D eigenvalue weighted by Gasteiger charge is 2.31. The minimum atomic E-state index is -4.08. The van der Waals surface area contributed by atoms with Crippen molar-refractivity contribution in [3.05, 3.63) is 72.7 Å². The van der Waals surface area contributed by atoms with E-state index in [9.17, 15) is 13.2 Å². The van der Waals surface area contributed by atoms with E-state index in [-0.39, 0.29) is 10.7 Å². The molecule has 0 aromatic heterocycles. The Morgan fingerprint density at radius 3 is 2.58 bits per heavy atom. The molecular formula is C19H18N3O3S. The molecule has 1 aliphatic rings. The molecule has 1 amide bonds. The summed E-state index contributed by atoms with van der Waals surface area (Å²) in [5, 5.41) is 10.0. The topological polar surface area (TPSA) is 113 Å². The molecule has 2 aromatic carbocycles. The molecule has 0 saturated carbocycles. The van der Waals surface area contributed by atoms with Gasteiger partial charge in [-0.2, -0.15) is 0 Å². The van der Waals surface area contributed by atoms with E-state index in [2.05, 4.69) is 5.32 Å². The standard InChI is InChI=1S/C19H18N3O3S/c20-17(14-7-2-1-3-8-14)22-19(23)18(21)26(24,25)16-11-10-13-6-4-5-9-15(13)12-16/h1-2,4-12,18H,3,21H2,(H2,20,22,23). The van der Waals surface area contributed by atoms with Gasteiger partial charge in [0.25, 0.3) is 5.91 Å². The first kappa shape index (κ1) is 18.0. The summed E-state index contributed by atoms with van der Waals surface area (Å²) in [4.78, 5) is 12.2. The lowest BCUT2D eigenvalue weighted by Gasteiger charge is -2.15. The van der Waals surface area contributed by atoms with Crippen molar-refractivity contribution in [1.82, 2.24) is 5.32 Å². The molecule has 0 fully saturated rings. The minimum Gasteiger partial charge on any atom is -0.308 e. The molecule has 0 aliphatic heterocycles. The van der Waals surface area contributed by atoms with E-state index in [1.54, 1.807) is 36.4 Å². The first-order chi connectivity index (χ1) is 12.4. The van der Waals surface area contributed by atoms with E-state index < -0.39 is 21.1 Å². The second kappa shape index (κ2) is 7.23. The lowest BCUT2D eigenvalue weighted by atomic mass is 10.1. The largest absolute Gasteiger partial charge is 0.308 e. The van der Waals surface area contributed by atoms with Crippen molar-refractivity contribution in [2.24, 2.45) is 5.73 Å². The number of fused-ring (bicyclic) bond motifs is 1. The quantitative estimate of drug-likeness (QED) is 0.566. The molecule has 26 heavy (non-hydrogen) atoms. The highest BCUT2D eigenvalue weighted by Crippen LogP contribution is 2.21. The van der Waals surface area contributed by atoms with Gasteiger partial charge >= 0.3 is 0 Å². The number of benzene rings is 2. The number of allylic oxidation sites excluding steroid dienone is 2. The average Bonchev–Trinajstić information content (AvgIpc) is 2.67. The normalized spacial score (nSPS) is 15.3. The summed E-state index contributed by atoms with van der Waals surface area (Å²) < 4.78 is 25.4. The van der Waals surface area contributed by atoms with E-state index in [4.69, 9.17) is 11.1 Å². The highest BCUT2D eigenvalue weighted by atomic mass is 32.2. The Morgan fingerprint density at radius 2 is 1.88 bits per heavy atom. The molecule has 3 rings (SSSR count). The molecule has 0 spiro atoms. The number of sulfone groups is 1. The van der Waals surface area contributed by atoms with Crippen LogP contribution < -0.4 is 11.1 Å². The van der Waals surface area contributed by atoms with Crippen LogP contribution in [0, 0.1) is 11.8 Å². The Balaban J connectivity index is 1.81. The number of nitrogens with one attached hydrogen (secondary N) is 2. The SMILES string of the molecule is N=C(NC(=O)C(N)S(=O)(=O)c1ccc2ccccc2c1)C1=CC[CH]C=C1. The first-order valence-electron chi connectivity index (χ1n) is 7.98. The maximum atomic E-state index is 12.7. The summed E-state index contributed by atoms with van der Waals surface area (Å²) in [7, 11) is -4.08. The fourth-order valence-electron chi connectivity index (χ4n) is 2.60. The van der Waals surface area contributed by atoms with Crippen LogP contribution in [0.2, 0.25) is 0 Å². The molecule has 6 nitrogen and oxygen atoms in total. The Morgan fingerprint density at radius 1 is 1.15 bits per heavy atom. The number of carbonyl (C=O) groups is 1. The Kier molecular flexibility index (Phi) is 5.01. The van der Waals surface area contributed by atoms with E-state index >= 15 is 0 Å². The maximum Gasteiger partial charge on any atom is 0.258 e. The second-order valence-corrected chi connectivity index (χ2v) is 7.90. The fourth-order valence-corrected chi connectivity index (χ4v) is 3.78. The molecule has 1 atom stereocenters. The van der Waals surface area contributed by atoms with Gasteiger partial charge in [0.2, 0.25) is 9.84 Å². The van der Waals surface area contributed by atoms with Crippen LogP contribution in [-0.2, 0) is 14.6 Å². The van der Waals surface area contributed by atoms with E-state index in [0.717, 1.165) is 10.8 Å². The summed E-state index contributed by atoms with van der Waals surface area (Å²) >= 11 is 0. The number of rotatable bonds is 4. The zero-order chi connectivity index (χ0) is 18.7. The van der Waals surface area contributed by atoms with Crippen LogP contribution in [0.4, 0.5) is 0 Å². The second-order valence-electron chi connectivity index (χ2n) is 5.83. The predicted molar refractivity (Wildman–Crippen MR) is 101 cm³/mol. The van der Waals surface area contributed by atoms with Gasteiger partial charge in [-0.15, -0.1) is 0 Å². The number of nitrogens with two attached hydrogens (primary N) is 1. The summed E-state index contributed by atoms with van der Waals surface area (Å²) in [5.41, 5.74) is 6.22. The third kappa shape index (κ3) is 3.58.